The predicted octanol–water partition coefficient (Wildman–Crippen LogP) is 4.45. The molecule has 0 atom stereocenters. The summed E-state index contributed by atoms with van der Waals surface area (Å²) in [5, 5.41) is 0. The number of halogens is 1. The fraction of sp³-hybridized carbons (Fsp3) is 0.222. The van der Waals surface area contributed by atoms with Gasteiger partial charge in [0, 0.05) is 19.6 Å². The topological polar surface area (TPSA) is 3.24 Å². The van der Waals surface area contributed by atoms with Crippen LogP contribution in [0.5, 0.6) is 0 Å². The van der Waals surface area contributed by atoms with Crippen LogP contribution in [-0.2, 0) is 13.1 Å². The minimum absolute atomic E-state index is 0. The van der Waals surface area contributed by atoms with Gasteiger partial charge >= 0.3 is 0 Å². The van der Waals surface area contributed by atoms with Gasteiger partial charge in [-0.1, -0.05) is 66.2 Å². The molecule has 2 heteroatoms. The molecule has 0 aliphatic carbocycles. The lowest BCUT2D eigenvalue weighted by atomic mass is 10.1. The molecule has 1 heterocycles. The van der Waals surface area contributed by atoms with Crippen molar-refractivity contribution in [2.24, 2.45) is 0 Å². The molecule has 20 heavy (non-hydrogen) atoms. The van der Waals surface area contributed by atoms with Crippen molar-refractivity contribution in [1.29, 1.82) is 0 Å². The number of nitrogens with zero attached hydrogens (tertiary/aromatic N) is 1. The second-order valence-electron chi connectivity index (χ2n) is 5.25. The Labute approximate surface area is 127 Å². The highest BCUT2D eigenvalue weighted by molar-refractivity contribution is 5.85. The quantitative estimate of drug-likeness (QED) is 0.805. The molecule has 0 bridgehead atoms. The largest absolute Gasteiger partial charge is 0.291 e. The lowest BCUT2D eigenvalue weighted by Crippen LogP contribution is -2.15. The monoisotopic (exact) mass is 285 g/mol. The van der Waals surface area contributed by atoms with E-state index in [2.05, 4.69) is 72.5 Å². The Hall–Kier alpha value is -1.57. The molecule has 2 aromatic rings. The van der Waals surface area contributed by atoms with Gasteiger partial charge in [-0.05, 0) is 23.6 Å². The lowest BCUT2D eigenvalue weighted by Gasteiger charge is -2.11. The Balaban J connectivity index is 0.00000147. The molecule has 0 N–H and O–H groups in total. The molecule has 1 aliphatic rings. The van der Waals surface area contributed by atoms with Crippen molar-refractivity contribution in [3.63, 3.8) is 0 Å². The zero-order chi connectivity index (χ0) is 13.1. The van der Waals surface area contributed by atoms with E-state index in [-0.39, 0.29) is 12.4 Å². The Morgan fingerprint density at radius 1 is 0.950 bits per heavy atom. The van der Waals surface area contributed by atoms with Gasteiger partial charge in [0.1, 0.15) is 0 Å². The third-order valence-electron chi connectivity index (χ3n) is 3.66. The van der Waals surface area contributed by atoms with Crippen LogP contribution < -0.4 is 0 Å². The SMILES string of the molecule is Cc1ccc(/C=C/CN2Cc3ccccc3C2)cc1.Cl. The summed E-state index contributed by atoms with van der Waals surface area (Å²) in [5.74, 6) is 0. The number of benzene rings is 2. The maximum Gasteiger partial charge on any atom is 0.0243 e. The summed E-state index contributed by atoms with van der Waals surface area (Å²) < 4.78 is 0. The summed E-state index contributed by atoms with van der Waals surface area (Å²) in [5.41, 5.74) is 5.55. The molecule has 0 saturated carbocycles. The minimum Gasteiger partial charge on any atom is -0.291 e. The number of hydrogen-bond donors (Lipinski definition) is 0. The molecular weight excluding hydrogens is 266 g/mol. The normalized spacial score (nSPS) is 14.2. The van der Waals surface area contributed by atoms with Crippen LogP contribution >= 0.6 is 12.4 Å². The number of hydrogen-bond acceptors (Lipinski definition) is 1. The summed E-state index contributed by atoms with van der Waals surface area (Å²) in [6, 6.07) is 17.4. The van der Waals surface area contributed by atoms with Crippen molar-refractivity contribution in [1.82, 2.24) is 4.90 Å². The van der Waals surface area contributed by atoms with E-state index in [0.717, 1.165) is 19.6 Å². The van der Waals surface area contributed by atoms with Crippen LogP contribution in [0.1, 0.15) is 22.3 Å². The van der Waals surface area contributed by atoms with E-state index in [1.54, 1.807) is 0 Å². The van der Waals surface area contributed by atoms with E-state index in [0.29, 0.717) is 0 Å². The Morgan fingerprint density at radius 2 is 1.55 bits per heavy atom. The van der Waals surface area contributed by atoms with Crippen molar-refractivity contribution < 1.29 is 0 Å². The molecule has 104 valence electrons. The molecule has 1 nitrogen and oxygen atoms in total. The Bertz CT molecular complexity index is 562. The third kappa shape index (κ3) is 3.50. The Morgan fingerprint density at radius 3 is 2.15 bits per heavy atom. The van der Waals surface area contributed by atoms with Gasteiger partial charge in [0.15, 0.2) is 0 Å². The van der Waals surface area contributed by atoms with Gasteiger partial charge in [-0.15, -0.1) is 12.4 Å². The third-order valence-corrected chi connectivity index (χ3v) is 3.66. The number of fused-ring (bicyclic) bond motifs is 1. The Kier molecular flexibility index (Phi) is 4.99. The van der Waals surface area contributed by atoms with Crippen LogP contribution in [0.2, 0.25) is 0 Å². The highest BCUT2D eigenvalue weighted by atomic mass is 35.5. The molecule has 0 unspecified atom stereocenters. The molecule has 0 spiro atoms. The summed E-state index contributed by atoms with van der Waals surface area (Å²) >= 11 is 0. The minimum atomic E-state index is 0. The maximum absolute atomic E-state index is 2.47. The van der Waals surface area contributed by atoms with Gasteiger partial charge in [0.25, 0.3) is 0 Å². The molecule has 0 fully saturated rings. The molecule has 1 aliphatic heterocycles. The van der Waals surface area contributed by atoms with E-state index in [9.17, 15) is 0 Å². The highest BCUT2D eigenvalue weighted by Crippen LogP contribution is 2.21. The summed E-state index contributed by atoms with van der Waals surface area (Å²) in [7, 11) is 0. The van der Waals surface area contributed by atoms with E-state index in [1.807, 2.05) is 0 Å². The smallest absolute Gasteiger partial charge is 0.0243 e. The first kappa shape index (κ1) is 14.8. The van der Waals surface area contributed by atoms with Crippen LogP contribution in [0.4, 0.5) is 0 Å². The molecule has 0 amide bonds. The van der Waals surface area contributed by atoms with Crippen molar-refractivity contribution in [2.45, 2.75) is 20.0 Å². The van der Waals surface area contributed by atoms with E-state index in [4.69, 9.17) is 0 Å². The van der Waals surface area contributed by atoms with Gasteiger partial charge < -0.3 is 0 Å². The van der Waals surface area contributed by atoms with Crippen LogP contribution in [0, 0.1) is 6.92 Å². The van der Waals surface area contributed by atoms with Gasteiger partial charge in [-0.2, -0.15) is 0 Å². The first-order valence-corrected chi connectivity index (χ1v) is 6.83. The molecular formula is C18H20ClN. The van der Waals surface area contributed by atoms with E-state index >= 15 is 0 Å². The van der Waals surface area contributed by atoms with Crippen LogP contribution in [0.25, 0.3) is 6.08 Å². The molecule has 3 rings (SSSR count). The van der Waals surface area contributed by atoms with Crippen molar-refractivity contribution in [3.05, 3.63) is 76.9 Å². The molecule has 0 saturated heterocycles. The van der Waals surface area contributed by atoms with Crippen molar-refractivity contribution >= 4 is 18.5 Å². The summed E-state index contributed by atoms with van der Waals surface area (Å²) in [6.07, 6.45) is 4.47. The standard InChI is InChI=1S/C18H19N.ClH/c1-15-8-10-16(11-9-15)5-4-12-19-13-17-6-2-3-7-18(17)14-19;/h2-11H,12-14H2,1H3;1H/b5-4+;. The van der Waals surface area contributed by atoms with E-state index in [1.165, 1.54) is 22.3 Å². The first-order chi connectivity index (χ1) is 9.31. The van der Waals surface area contributed by atoms with Crippen molar-refractivity contribution in [2.75, 3.05) is 6.54 Å². The second-order valence-corrected chi connectivity index (χ2v) is 5.25. The summed E-state index contributed by atoms with van der Waals surface area (Å²) in [4.78, 5) is 2.47. The van der Waals surface area contributed by atoms with Crippen molar-refractivity contribution in [3.8, 4) is 0 Å². The van der Waals surface area contributed by atoms with E-state index < -0.39 is 0 Å². The summed E-state index contributed by atoms with van der Waals surface area (Å²) in [6.45, 7) is 5.29. The number of aryl methyl sites for hydroxylation is 1. The van der Waals surface area contributed by atoms with Gasteiger partial charge in [-0.3, -0.25) is 4.90 Å². The van der Waals surface area contributed by atoms with Crippen LogP contribution in [-0.4, -0.2) is 11.4 Å². The lowest BCUT2D eigenvalue weighted by molar-refractivity contribution is 0.317. The molecule has 2 aromatic carbocycles. The second kappa shape index (κ2) is 6.74. The van der Waals surface area contributed by atoms with Gasteiger partial charge in [0.05, 0.1) is 0 Å². The zero-order valence-electron chi connectivity index (χ0n) is 11.8. The fourth-order valence-electron chi connectivity index (χ4n) is 2.55. The average molecular weight is 286 g/mol. The molecule has 0 radical (unpaired) electrons. The van der Waals surface area contributed by atoms with Crippen LogP contribution in [0.3, 0.4) is 0 Å². The number of rotatable bonds is 3. The van der Waals surface area contributed by atoms with Gasteiger partial charge in [0.2, 0.25) is 0 Å². The van der Waals surface area contributed by atoms with Gasteiger partial charge in [-0.25, -0.2) is 0 Å². The fourth-order valence-corrected chi connectivity index (χ4v) is 2.55. The predicted molar refractivity (Wildman–Crippen MR) is 88.0 cm³/mol. The molecule has 0 aromatic heterocycles. The highest BCUT2D eigenvalue weighted by Gasteiger charge is 2.16. The average Bonchev–Trinajstić information content (AvgIpc) is 2.83. The van der Waals surface area contributed by atoms with Crippen LogP contribution in [0.15, 0.2) is 54.6 Å². The first-order valence-electron chi connectivity index (χ1n) is 6.83. The zero-order valence-corrected chi connectivity index (χ0v) is 12.6. The maximum atomic E-state index is 2.47.